The molecule has 0 aromatic carbocycles. The summed E-state index contributed by atoms with van der Waals surface area (Å²) >= 11 is 1.22. The highest BCUT2D eigenvalue weighted by molar-refractivity contribution is 7.17. The van der Waals surface area contributed by atoms with Crippen molar-refractivity contribution in [1.82, 2.24) is 24.5 Å². The van der Waals surface area contributed by atoms with Crippen molar-refractivity contribution in [2.24, 2.45) is 10.9 Å². The number of hydrogen-bond acceptors (Lipinski definition) is 11. The van der Waals surface area contributed by atoms with Gasteiger partial charge in [0.2, 0.25) is 5.95 Å². The largest absolute Gasteiger partial charge is 0.462 e. The normalized spacial score (nSPS) is 14.4. The van der Waals surface area contributed by atoms with Crippen molar-refractivity contribution in [2.75, 3.05) is 50.2 Å². The van der Waals surface area contributed by atoms with Crippen LogP contribution in [0.15, 0.2) is 24.0 Å². The van der Waals surface area contributed by atoms with Gasteiger partial charge < -0.3 is 23.9 Å². The maximum Gasteiger partial charge on any atom is 0.350 e. The molecule has 0 aliphatic carbocycles. The fourth-order valence-corrected chi connectivity index (χ4v) is 4.51. The zero-order valence-electron chi connectivity index (χ0n) is 21.5. The summed E-state index contributed by atoms with van der Waals surface area (Å²) in [5, 5.41) is 3.71. The molecule has 4 rings (SSSR count). The van der Waals surface area contributed by atoms with E-state index >= 15 is 0 Å². The van der Waals surface area contributed by atoms with Crippen LogP contribution >= 0.6 is 11.3 Å². The smallest absolute Gasteiger partial charge is 0.350 e. The lowest BCUT2D eigenvalue weighted by Crippen LogP contribution is -2.37. The SMILES string of the molecule is C=CC.CCOC(=O)c1sc(Nc2nc(N3CCOCC3)c3ncn(CC(C)C=NC)c3n2)nc1C. The van der Waals surface area contributed by atoms with Crippen LogP contribution < -0.4 is 10.2 Å². The molecule has 1 aliphatic heterocycles. The first-order chi connectivity index (χ1) is 17.4. The van der Waals surface area contributed by atoms with E-state index in [0.29, 0.717) is 48.0 Å². The molecule has 0 saturated carbocycles. The van der Waals surface area contributed by atoms with Crippen LogP contribution in [0.2, 0.25) is 0 Å². The average Bonchev–Trinajstić information content (AvgIpc) is 3.43. The van der Waals surface area contributed by atoms with Gasteiger partial charge in [-0.3, -0.25) is 5.32 Å². The van der Waals surface area contributed by atoms with Gasteiger partial charge >= 0.3 is 5.97 Å². The molecular weight excluding hydrogens is 480 g/mol. The van der Waals surface area contributed by atoms with Gasteiger partial charge in [0.25, 0.3) is 0 Å². The number of ether oxygens (including phenoxy) is 2. The molecule has 3 aromatic heterocycles. The topological polar surface area (TPSA) is 120 Å². The summed E-state index contributed by atoms with van der Waals surface area (Å²) in [5.74, 6) is 0.988. The number of nitrogens with one attached hydrogen (secondary N) is 1. The minimum Gasteiger partial charge on any atom is -0.462 e. The number of aromatic nitrogens is 5. The molecule has 3 aromatic rings. The number of aryl methyl sites for hydroxylation is 1. The standard InChI is InChI=1S/C21H28N8O3S.C3H6/c1-5-32-19(30)16-14(3)24-21(33-16)27-20-25-17(28-6-8-31-9-7-28)15-18(26-20)29(12-23-15)11-13(2)10-22-4;1-3-2/h10,12-13H,5-9,11H2,1-4H3,(H,24,25,26,27);3H,1H2,2H3. The summed E-state index contributed by atoms with van der Waals surface area (Å²) in [4.78, 5) is 37.5. The Bertz CT molecular complexity index is 1200. The second kappa shape index (κ2) is 13.1. The molecule has 0 bridgehead atoms. The third kappa shape index (κ3) is 6.64. The number of hydrogen-bond donors (Lipinski definition) is 1. The molecule has 1 N–H and O–H groups in total. The molecule has 1 aliphatic rings. The minimum absolute atomic E-state index is 0.222. The Morgan fingerprint density at radius 3 is 2.75 bits per heavy atom. The van der Waals surface area contributed by atoms with Crippen molar-refractivity contribution >= 4 is 51.6 Å². The summed E-state index contributed by atoms with van der Waals surface area (Å²) in [7, 11) is 1.77. The first-order valence-electron chi connectivity index (χ1n) is 11.9. The second-order valence-corrected chi connectivity index (χ2v) is 9.11. The lowest BCUT2D eigenvalue weighted by molar-refractivity contribution is 0.0531. The summed E-state index contributed by atoms with van der Waals surface area (Å²) in [5.41, 5.74) is 2.07. The quantitative estimate of drug-likeness (QED) is 0.271. The van der Waals surface area contributed by atoms with E-state index in [-0.39, 0.29) is 11.9 Å². The molecule has 0 spiro atoms. The van der Waals surface area contributed by atoms with Gasteiger partial charge in [0, 0.05) is 38.8 Å². The summed E-state index contributed by atoms with van der Waals surface area (Å²) in [6.07, 6.45) is 5.45. The van der Waals surface area contributed by atoms with Gasteiger partial charge in [-0.15, -0.1) is 6.58 Å². The second-order valence-electron chi connectivity index (χ2n) is 8.11. The zero-order chi connectivity index (χ0) is 26.1. The van der Waals surface area contributed by atoms with Gasteiger partial charge in [-0.2, -0.15) is 9.97 Å². The van der Waals surface area contributed by atoms with Crippen molar-refractivity contribution in [3.63, 3.8) is 0 Å². The number of rotatable bonds is 8. The first-order valence-corrected chi connectivity index (χ1v) is 12.7. The molecular formula is C24H34N8O3S. The van der Waals surface area contributed by atoms with E-state index < -0.39 is 0 Å². The van der Waals surface area contributed by atoms with E-state index in [4.69, 9.17) is 19.4 Å². The molecule has 0 amide bonds. The maximum atomic E-state index is 12.2. The fourth-order valence-electron chi connectivity index (χ4n) is 3.66. The Kier molecular flexibility index (Phi) is 9.88. The third-order valence-corrected chi connectivity index (χ3v) is 6.17. The number of thiazole rings is 1. The monoisotopic (exact) mass is 514 g/mol. The fraction of sp³-hybridized carbons (Fsp3) is 0.500. The van der Waals surface area contributed by atoms with E-state index in [1.807, 2.05) is 17.7 Å². The number of esters is 1. The minimum atomic E-state index is -0.379. The summed E-state index contributed by atoms with van der Waals surface area (Å²) in [6.45, 7) is 14.6. The molecule has 1 unspecified atom stereocenters. The third-order valence-electron chi connectivity index (χ3n) is 5.12. The number of carbonyl (C=O) groups excluding carboxylic acids is 1. The number of imidazole rings is 1. The number of anilines is 3. The Labute approximate surface area is 215 Å². The van der Waals surface area contributed by atoms with Gasteiger partial charge in [0.05, 0.1) is 31.8 Å². The van der Waals surface area contributed by atoms with Crippen molar-refractivity contribution < 1.29 is 14.3 Å². The highest BCUT2D eigenvalue weighted by atomic mass is 32.1. The number of aliphatic imine (C=N–C) groups is 1. The van der Waals surface area contributed by atoms with E-state index in [0.717, 1.165) is 30.1 Å². The molecule has 12 heteroatoms. The molecule has 194 valence electrons. The van der Waals surface area contributed by atoms with Crippen molar-refractivity contribution in [3.8, 4) is 0 Å². The van der Waals surface area contributed by atoms with Crippen LogP contribution in [0.25, 0.3) is 11.2 Å². The molecule has 0 radical (unpaired) electrons. The van der Waals surface area contributed by atoms with E-state index in [1.54, 1.807) is 33.3 Å². The maximum absolute atomic E-state index is 12.2. The summed E-state index contributed by atoms with van der Waals surface area (Å²) < 4.78 is 12.6. The van der Waals surface area contributed by atoms with Crippen LogP contribution in [0.5, 0.6) is 0 Å². The zero-order valence-corrected chi connectivity index (χ0v) is 22.3. The number of allylic oxidation sites excluding steroid dienone is 1. The van der Waals surface area contributed by atoms with Crippen LogP contribution in [0, 0.1) is 12.8 Å². The van der Waals surface area contributed by atoms with Crippen LogP contribution in [-0.2, 0) is 16.0 Å². The number of carbonyl (C=O) groups is 1. The van der Waals surface area contributed by atoms with Gasteiger partial charge in [-0.25, -0.2) is 14.8 Å². The molecule has 4 heterocycles. The molecule has 36 heavy (non-hydrogen) atoms. The first kappa shape index (κ1) is 27.2. The van der Waals surface area contributed by atoms with Crippen LogP contribution in [0.1, 0.15) is 36.1 Å². The highest BCUT2D eigenvalue weighted by Crippen LogP contribution is 2.29. The Morgan fingerprint density at radius 2 is 2.08 bits per heavy atom. The average molecular weight is 515 g/mol. The highest BCUT2D eigenvalue weighted by Gasteiger charge is 2.22. The molecule has 1 saturated heterocycles. The molecule has 1 atom stereocenters. The van der Waals surface area contributed by atoms with Crippen molar-refractivity contribution in [2.45, 2.75) is 34.2 Å². The Balaban J connectivity index is 0.00000115. The van der Waals surface area contributed by atoms with Gasteiger partial charge in [-0.1, -0.05) is 24.3 Å². The lowest BCUT2D eigenvalue weighted by atomic mass is 10.2. The molecule has 11 nitrogen and oxygen atoms in total. The van der Waals surface area contributed by atoms with Crippen molar-refractivity contribution in [1.29, 1.82) is 0 Å². The number of morpholine rings is 1. The van der Waals surface area contributed by atoms with E-state index in [1.165, 1.54) is 11.3 Å². The van der Waals surface area contributed by atoms with E-state index in [2.05, 4.69) is 38.7 Å². The van der Waals surface area contributed by atoms with Crippen LogP contribution in [0.4, 0.5) is 16.9 Å². The summed E-state index contributed by atoms with van der Waals surface area (Å²) in [6, 6.07) is 0. The van der Waals surface area contributed by atoms with Gasteiger partial charge in [-0.05, 0) is 20.8 Å². The Morgan fingerprint density at radius 1 is 1.36 bits per heavy atom. The Hall–Kier alpha value is -3.38. The molecule has 1 fully saturated rings. The van der Waals surface area contributed by atoms with Crippen LogP contribution in [0.3, 0.4) is 0 Å². The van der Waals surface area contributed by atoms with E-state index in [9.17, 15) is 4.79 Å². The number of nitrogens with zero attached hydrogens (tertiary/aromatic N) is 7. The predicted octanol–water partition coefficient (Wildman–Crippen LogP) is 3.88. The van der Waals surface area contributed by atoms with Gasteiger partial charge in [0.15, 0.2) is 22.1 Å². The van der Waals surface area contributed by atoms with Gasteiger partial charge in [0.1, 0.15) is 4.88 Å². The predicted molar refractivity (Wildman–Crippen MR) is 144 cm³/mol. The number of fused-ring (bicyclic) bond motifs is 1. The lowest BCUT2D eigenvalue weighted by Gasteiger charge is -2.28. The van der Waals surface area contributed by atoms with Crippen LogP contribution in [-0.4, -0.2) is 76.6 Å². The van der Waals surface area contributed by atoms with Crippen molar-refractivity contribution in [3.05, 3.63) is 29.6 Å².